The van der Waals surface area contributed by atoms with Crippen molar-refractivity contribution in [2.45, 2.75) is 26.3 Å². The lowest BCUT2D eigenvalue weighted by molar-refractivity contribution is 0.312. The predicted octanol–water partition coefficient (Wildman–Crippen LogP) is 2.72. The molecular weight excluding hydrogens is 234 g/mol. The fourth-order valence-corrected chi connectivity index (χ4v) is 2.58. The van der Waals surface area contributed by atoms with Gasteiger partial charge in [-0.25, -0.2) is 0 Å². The van der Waals surface area contributed by atoms with E-state index in [4.69, 9.17) is 0 Å². The van der Waals surface area contributed by atoms with Crippen LogP contribution >= 0.6 is 0 Å². The van der Waals surface area contributed by atoms with Gasteiger partial charge in [0.25, 0.3) is 0 Å². The molecule has 1 unspecified atom stereocenters. The summed E-state index contributed by atoms with van der Waals surface area (Å²) < 4.78 is 0. The van der Waals surface area contributed by atoms with E-state index >= 15 is 0 Å². The summed E-state index contributed by atoms with van der Waals surface area (Å²) in [6, 6.07) is 9.31. The van der Waals surface area contributed by atoms with Crippen molar-refractivity contribution < 1.29 is 0 Å². The van der Waals surface area contributed by atoms with Crippen LogP contribution < -0.4 is 0 Å². The number of aliphatic imine (C=N–C) groups is 1. The molecule has 1 aromatic carbocycles. The summed E-state index contributed by atoms with van der Waals surface area (Å²) in [7, 11) is 4.25. The summed E-state index contributed by atoms with van der Waals surface area (Å²) in [6.07, 6.45) is 1.18. The second kappa shape index (κ2) is 6.20. The lowest BCUT2D eigenvalue weighted by atomic mass is 10.0. The second-order valence-electron chi connectivity index (χ2n) is 5.66. The van der Waals surface area contributed by atoms with Crippen LogP contribution in [0, 0.1) is 6.92 Å². The zero-order valence-electron chi connectivity index (χ0n) is 12.6. The molecule has 1 aliphatic rings. The summed E-state index contributed by atoms with van der Waals surface area (Å²) >= 11 is 0. The van der Waals surface area contributed by atoms with Gasteiger partial charge in [-0.15, -0.1) is 0 Å². The fraction of sp³-hybridized carbons (Fsp3) is 0.562. The molecule has 19 heavy (non-hydrogen) atoms. The zero-order chi connectivity index (χ0) is 13.8. The number of benzene rings is 1. The molecule has 104 valence electrons. The molecule has 0 fully saturated rings. The first kappa shape index (κ1) is 14.1. The zero-order valence-corrected chi connectivity index (χ0v) is 12.6. The molecule has 1 aliphatic heterocycles. The quantitative estimate of drug-likeness (QED) is 0.809. The SMILES string of the molecule is CC1=NCC(c2ccc(C)cc2)N1CCCN(C)C. The maximum Gasteiger partial charge on any atom is 0.0964 e. The summed E-state index contributed by atoms with van der Waals surface area (Å²) in [5.74, 6) is 1.18. The highest BCUT2D eigenvalue weighted by molar-refractivity contribution is 5.82. The van der Waals surface area contributed by atoms with Crippen molar-refractivity contribution in [3.63, 3.8) is 0 Å². The minimum atomic E-state index is 0.433. The van der Waals surface area contributed by atoms with Crippen LogP contribution in [-0.2, 0) is 0 Å². The summed E-state index contributed by atoms with van der Waals surface area (Å²) in [4.78, 5) is 9.32. The maximum absolute atomic E-state index is 4.62. The Bertz CT molecular complexity index is 434. The van der Waals surface area contributed by atoms with E-state index in [-0.39, 0.29) is 0 Å². The van der Waals surface area contributed by atoms with E-state index in [0.717, 1.165) is 19.6 Å². The maximum atomic E-state index is 4.62. The van der Waals surface area contributed by atoms with Crippen molar-refractivity contribution >= 4 is 5.84 Å². The van der Waals surface area contributed by atoms with Crippen molar-refractivity contribution in [1.29, 1.82) is 0 Å². The Balaban J connectivity index is 2.02. The van der Waals surface area contributed by atoms with Gasteiger partial charge in [0.2, 0.25) is 0 Å². The van der Waals surface area contributed by atoms with E-state index < -0.39 is 0 Å². The van der Waals surface area contributed by atoms with Gasteiger partial charge in [0.1, 0.15) is 0 Å². The second-order valence-corrected chi connectivity index (χ2v) is 5.66. The van der Waals surface area contributed by atoms with Crippen LogP contribution in [0.5, 0.6) is 0 Å². The average Bonchev–Trinajstić information content (AvgIpc) is 2.72. The summed E-state index contributed by atoms with van der Waals surface area (Å²) in [5.41, 5.74) is 2.70. The van der Waals surface area contributed by atoms with E-state index in [1.807, 2.05) is 0 Å². The van der Waals surface area contributed by atoms with E-state index in [1.54, 1.807) is 0 Å². The molecule has 1 heterocycles. The largest absolute Gasteiger partial charge is 0.352 e. The monoisotopic (exact) mass is 259 g/mol. The molecule has 3 heteroatoms. The molecule has 2 rings (SSSR count). The Morgan fingerprint density at radius 3 is 2.53 bits per heavy atom. The van der Waals surface area contributed by atoms with Gasteiger partial charge in [0, 0.05) is 6.54 Å². The van der Waals surface area contributed by atoms with E-state index in [0.29, 0.717) is 6.04 Å². The Labute approximate surface area is 116 Å². The molecule has 0 radical (unpaired) electrons. The van der Waals surface area contributed by atoms with Crippen molar-refractivity contribution in [2.75, 3.05) is 33.7 Å². The number of aryl methyl sites for hydroxylation is 1. The number of hydrogen-bond donors (Lipinski definition) is 0. The average molecular weight is 259 g/mol. The minimum Gasteiger partial charge on any atom is -0.352 e. The molecular formula is C16H25N3. The number of nitrogens with zero attached hydrogens (tertiary/aromatic N) is 3. The molecule has 1 atom stereocenters. The lowest BCUT2D eigenvalue weighted by Gasteiger charge is -2.28. The van der Waals surface area contributed by atoms with Crippen LogP contribution in [0.4, 0.5) is 0 Å². The fourth-order valence-electron chi connectivity index (χ4n) is 2.58. The van der Waals surface area contributed by atoms with Crippen LogP contribution in [0.2, 0.25) is 0 Å². The molecule has 0 saturated carbocycles. The molecule has 0 bridgehead atoms. The van der Waals surface area contributed by atoms with Crippen LogP contribution in [0.25, 0.3) is 0 Å². The smallest absolute Gasteiger partial charge is 0.0964 e. The molecule has 0 spiro atoms. The molecule has 0 aromatic heterocycles. The first-order valence-corrected chi connectivity index (χ1v) is 7.07. The van der Waals surface area contributed by atoms with Gasteiger partial charge in [-0.1, -0.05) is 29.8 Å². The Morgan fingerprint density at radius 2 is 1.89 bits per heavy atom. The Hall–Kier alpha value is -1.35. The Morgan fingerprint density at radius 1 is 1.21 bits per heavy atom. The molecule has 0 amide bonds. The predicted molar refractivity (Wildman–Crippen MR) is 81.8 cm³/mol. The molecule has 1 aromatic rings. The van der Waals surface area contributed by atoms with Crippen molar-refractivity contribution in [3.8, 4) is 0 Å². The van der Waals surface area contributed by atoms with Crippen molar-refractivity contribution in [1.82, 2.24) is 9.80 Å². The van der Waals surface area contributed by atoms with E-state index in [9.17, 15) is 0 Å². The van der Waals surface area contributed by atoms with E-state index in [2.05, 4.69) is 67.0 Å². The van der Waals surface area contributed by atoms with Crippen LogP contribution in [-0.4, -0.2) is 49.4 Å². The number of hydrogen-bond acceptors (Lipinski definition) is 3. The van der Waals surface area contributed by atoms with Gasteiger partial charge < -0.3 is 9.80 Å². The number of amidine groups is 1. The van der Waals surface area contributed by atoms with Crippen LogP contribution in [0.3, 0.4) is 0 Å². The van der Waals surface area contributed by atoms with Gasteiger partial charge in [0.05, 0.1) is 18.4 Å². The van der Waals surface area contributed by atoms with Gasteiger partial charge in [0.15, 0.2) is 0 Å². The van der Waals surface area contributed by atoms with Gasteiger partial charge in [-0.05, 0) is 46.5 Å². The van der Waals surface area contributed by atoms with Gasteiger partial charge in [-0.3, -0.25) is 4.99 Å². The lowest BCUT2D eigenvalue weighted by Crippen LogP contribution is -2.32. The van der Waals surface area contributed by atoms with Crippen LogP contribution in [0.15, 0.2) is 29.3 Å². The van der Waals surface area contributed by atoms with Gasteiger partial charge >= 0.3 is 0 Å². The third-order valence-electron chi connectivity index (χ3n) is 3.75. The molecule has 0 N–H and O–H groups in total. The van der Waals surface area contributed by atoms with Crippen LogP contribution in [0.1, 0.15) is 30.5 Å². The third kappa shape index (κ3) is 3.57. The first-order chi connectivity index (χ1) is 9.08. The molecule has 3 nitrogen and oxygen atoms in total. The van der Waals surface area contributed by atoms with Gasteiger partial charge in [-0.2, -0.15) is 0 Å². The first-order valence-electron chi connectivity index (χ1n) is 7.07. The molecule has 0 saturated heterocycles. The highest BCUT2D eigenvalue weighted by Gasteiger charge is 2.25. The minimum absolute atomic E-state index is 0.433. The highest BCUT2D eigenvalue weighted by atomic mass is 15.3. The normalized spacial score (nSPS) is 19.1. The standard InChI is InChI=1S/C16H25N3/c1-13-6-8-15(9-7-13)16-12-17-14(2)19(16)11-5-10-18(3)4/h6-9,16H,5,10-12H2,1-4H3. The summed E-state index contributed by atoms with van der Waals surface area (Å²) in [5, 5.41) is 0. The van der Waals surface area contributed by atoms with Crippen molar-refractivity contribution in [2.24, 2.45) is 4.99 Å². The Kier molecular flexibility index (Phi) is 4.59. The topological polar surface area (TPSA) is 18.8 Å². The number of rotatable bonds is 5. The van der Waals surface area contributed by atoms with E-state index in [1.165, 1.54) is 23.4 Å². The highest BCUT2D eigenvalue weighted by Crippen LogP contribution is 2.26. The third-order valence-corrected chi connectivity index (χ3v) is 3.75. The summed E-state index contributed by atoms with van der Waals surface area (Å²) in [6.45, 7) is 7.38. The molecule has 0 aliphatic carbocycles. The van der Waals surface area contributed by atoms with Crippen molar-refractivity contribution in [3.05, 3.63) is 35.4 Å².